The summed E-state index contributed by atoms with van der Waals surface area (Å²) in [6.45, 7) is 90.8. The largest absolute Gasteiger partial charge is 0.472 e. The van der Waals surface area contributed by atoms with Gasteiger partial charge in [-0.3, -0.25) is 0 Å². The number of rotatable bonds is 11. The average molecular weight is 1620 g/mol. The van der Waals surface area contributed by atoms with Gasteiger partial charge in [-0.2, -0.15) is 26.6 Å². The SMILES string of the molecule is CC.CC.CC.CC.CC.CC.CC.CC.CC.CC.CC.CC(C)C1=CCC=C1.CC(C)c1ccc[nH]1.CC(C)c1ccco1.CC(C)c1cccs1.CC(C)c1ccoc1.CC(C)c1ccsc1.CC(C)c1cncnn1.CC(C)c1cnncn1.CC(C)c1nccnn1.CC(C)c1nncnn1.CC(C)n1cccc1. The third-order valence-electron chi connectivity index (χ3n) is 12.7. The number of H-pyrrole nitrogens is 1. The third kappa shape index (κ3) is 80.6. The Bertz CT molecular complexity index is 2720. The zero-order valence-corrected chi connectivity index (χ0v) is 82.8. The molecule has 0 aromatic carbocycles. The van der Waals surface area contributed by atoms with Crippen molar-refractivity contribution in [1.29, 1.82) is 0 Å². The lowest BCUT2D eigenvalue weighted by molar-refractivity contribution is 0.487. The van der Waals surface area contributed by atoms with E-state index in [1.807, 2.05) is 234 Å². The Labute approximate surface area is 711 Å². The van der Waals surface area contributed by atoms with Crippen LogP contribution in [0.25, 0.3) is 0 Å². The van der Waals surface area contributed by atoms with Crippen molar-refractivity contribution in [3.8, 4) is 0 Å². The van der Waals surface area contributed by atoms with Crippen LogP contribution < -0.4 is 0 Å². The maximum Gasteiger partial charge on any atom is 0.176 e. The van der Waals surface area contributed by atoms with E-state index >= 15 is 0 Å². The molecular weight excluding hydrogens is 1450 g/mol. The lowest BCUT2D eigenvalue weighted by atomic mass is 10.1. The molecule has 114 heavy (non-hydrogen) atoms. The first-order valence-electron chi connectivity index (χ1n) is 43.0. The molecule has 0 amide bonds. The van der Waals surface area contributed by atoms with Gasteiger partial charge in [-0.25, -0.2) is 15.0 Å². The highest BCUT2D eigenvalue weighted by Gasteiger charge is 2.04. The predicted octanol–water partition coefficient (Wildman–Crippen LogP) is 31.9. The standard InChI is InChI=1S/C8H12.2C7H11N.2C7H10O.2C7H10S.3C6H9N3.C5H8N4.11C2H6/c2*1-7(2)8-5-3-4-6-8;1-6(2)7-4-3-5-8-7;1-6(2)7-3-4-8-5-7;1-6(2)7-4-3-5-8-7;1-6(2)7-3-4-8-5-7;1-6(2)7-4-3-5-8-7;1-5(2)6-3-8-9-4-7-6;1-5(2)6-3-7-4-8-9-6;1-5(2)6-7-3-4-8-9-6;1-4(2)5-8-6-3-7-9-5;11*1-2/h3,5-7H,4H2,1-2H3;3-7H,1-2H3;3-6,8H,1-2H3;4*3-6H,1-2H3;3*3-5H,1-2H3;3-4H,1-2H3;11*1-2H3. The van der Waals surface area contributed by atoms with Crippen molar-refractivity contribution in [3.63, 3.8) is 0 Å². The van der Waals surface area contributed by atoms with E-state index in [1.165, 1.54) is 46.3 Å². The zero-order valence-electron chi connectivity index (χ0n) is 81.2. The summed E-state index contributed by atoms with van der Waals surface area (Å²) >= 11 is 3.60. The molecule has 1 aliphatic carbocycles. The second-order valence-corrected chi connectivity index (χ2v) is 26.1. The van der Waals surface area contributed by atoms with E-state index < -0.39 is 0 Å². The highest BCUT2D eigenvalue weighted by molar-refractivity contribution is 7.10. The molecule has 0 atom stereocenters. The number of nitrogens with zero attached hydrogens (tertiary/aromatic N) is 14. The molecule has 0 spiro atoms. The second kappa shape index (κ2) is 101. The van der Waals surface area contributed by atoms with Crippen LogP contribution >= 0.6 is 22.7 Å². The number of hydrogen-bond donors (Lipinski definition) is 1. The van der Waals surface area contributed by atoms with Gasteiger partial charge < -0.3 is 18.4 Å². The molecule has 0 fully saturated rings. The Morgan fingerprint density at radius 2 is 0.939 bits per heavy atom. The van der Waals surface area contributed by atoms with Crippen molar-refractivity contribution in [2.24, 2.45) is 5.92 Å². The van der Waals surface area contributed by atoms with E-state index in [2.05, 4.69) is 271 Å². The number of hydrogen-bond acceptors (Lipinski definition) is 17. The summed E-state index contributed by atoms with van der Waals surface area (Å²) in [6, 6.07) is 21.2. The monoisotopic (exact) mass is 1620 g/mol. The van der Waals surface area contributed by atoms with Gasteiger partial charge in [0.15, 0.2) is 18.0 Å². The molecular formula is C95H175N15O2S2. The van der Waals surface area contributed by atoms with Crippen LogP contribution in [0.3, 0.4) is 0 Å². The second-order valence-electron chi connectivity index (χ2n) is 24.4. The van der Waals surface area contributed by atoms with Crippen LogP contribution in [-0.4, -0.2) is 75.5 Å². The molecule has 17 nitrogen and oxygen atoms in total. The van der Waals surface area contributed by atoms with Crippen molar-refractivity contribution in [1.82, 2.24) is 75.5 Å². The maximum absolute atomic E-state index is 5.09. The van der Waals surface area contributed by atoms with Crippen molar-refractivity contribution in [3.05, 3.63) is 232 Å². The van der Waals surface area contributed by atoms with Gasteiger partial charge in [-0.15, -0.1) is 47.0 Å². The number of furan rings is 2. The van der Waals surface area contributed by atoms with Crippen LogP contribution in [0, 0.1) is 5.92 Å². The first kappa shape index (κ1) is 129. The van der Waals surface area contributed by atoms with E-state index in [-0.39, 0.29) is 0 Å². The van der Waals surface area contributed by atoms with Crippen LogP contribution in [0.15, 0.2) is 191 Å². The van der Waals surface area contributed by atoms with Crippen molar-refractivity contribution < 1.29 is 8.83 Å². The molecule has 0 saturated heterocycles. The Hall–Kier alpha value is -8.03. The summed E-state index contributed by atoms with van der Waals surface area (Å²) in [7, 11) is 0. The molecule has 654 valence electrons. The Morgan fingerprint density at radius 1 is 0.404 bits per heavy atom. The predicted molar refractivity (Wildman–Crippen MR) is 507 cm³/mol. The summed E-state index contributed by atoms with van der Waals surface area (Å²) in [4.78, 5) is 16.5. The molecule has 0 radical (unpaired) electrons. The number of aromatic nitrogens is 15. The quantitative estimate of drug-likeness (QED) is 0.127. The van der Waals surface area contributed by atoms with Gasteiger partial charge in [0.05, 0.1) is 48.8 Å². The van der Waals surface area contributed by atoms with Gasteiger partial charge in [-0.05, 0) is 149 Å². The molecule has 0 unspecified atom stereocenters. The van der Waals surface area contributed by atoms with Crippen molar-refractivity contribution in [2.75, 3.05) is 0 Å². The fourth-order valence-corrected chi connectivity index (χ4v) is 8.35. The van der Waals surface area contributed by atoms with Gasteiger partial charge in [0.25, 0.3) is 0 Å². The minimum Gasteiger partial charge on any atom is -0.472 e. The van der Waals surface area contributed by atoms with Crippen molar-refractivity contribution >= 4 is 22.7 Å². The van der Waals surface area contributed by atoms with Crippen LogP contribution in [0.1, 0.15) is 421 Å². The summed E-state index contributed by atoms with van der Waals surface area (Å²) in [5.74, 6) is 7.96. The first-order valence-corrected chi connectivity index (χ1v) is 44.8. The fourth-order valence-electron chi connectivity index (χ4n) is 6.78. The lowest BCUT2D eigenvalue weighted by Crippen LogP contribution is -1.99. The van der Waals surface area contributed by atoms with Crippen molar-refractivity contribution in [2.45, 2.75) is 370 Å². The van der Waals surface area contributed by atoms with Crippen LogP contribution in [-0.2, 0) is 0 Å². The topological polar surface area (TPSA) is 215 Å². The first-order chi connectivity index (χ1) is 54.8. The van der Waals surface area contributed by atoms with E-state index in [0.717, 1.165) is 29.4 Å². The summed E-state index contributed by atoms with van der Waals surface area (Å²) < 4.78 is 12.1. The zero-order chi connectivity index (χ0) is 90.6. The molecule has 1 N–H and O–H groups in total. The van der Waals surface area contributed by atoms with Crippen LogP contribution in [0.4, 0.5) is 0 Å². The molecule has 0 saturated carbocycles. The Morgan fingerprint density at radius 3 is 1.17 bits per heavy atom. The molecule has 0 bridgehead atoms. The fraction of sp³-hybridized carbons (Fsp3) is 0.589. The summed E-state index contributed by atoms with van der Waals surface area (Å²) in [6.07, 6.45) is 30.0. The smallest absolute Gasteiger partial charge is 0.176 e. The normalized spacial score (nSPS) is 9.38. The van der Waals surface area contributed by atoms with Gasteiger partial charge in [0.2, 0.25) is 0 Å². The average Bonchev–Trinajstić information content (AvgIpc) is 1.87. The maximum atomic E-state index is 5.09. The Balaban J connectivity index is -0.000000111. The van der Waals surface area contributed by atoms with Gasteiger partial charge >= 0.3 is 0 Å². The number of nitrogens with one attached hydrogen (secondary N) is 1. The summed E-state index contributed by atoms with van der Waals surface area (Å²) in [5.41, 5.74) is 7.46. The van der Waals surface area contributed by atoms with Crippen LogP contribution in [0.5, 0.6) is 0 Å². The lowest BCUT2D eigenvalue weighted by Gasteiger charge is -2.03. The molecule has 10 aromatic heterocycles. The minimum atomic E-state index is 0.311. The van der Waals surface area contributed by atoms with E-state index in [4.69, 9.17) is 8.83 Å². The highest BCUT2D eigenvalue weighted by Crippen LogP contribution is 2.20. The number of thiophene rings is 2. The van der Waals surface area contributed by atoms with E-state index in [0.29, 0.717) is 71.0 Å². The van der Waals surface area contributed by atoms with Gasteiger partial charge in [0, 0.05) is 59.2 Å². The summed E-state index contributed by atoms with van der Waals surface area (Å²) in [5, 5.41) is 43.4. The van der Waals surface area contributed by atoms with E-state index in [1.54, 1.807) is 54.9 Å². The molecule has 10 heterocycles. The minimum absolute atomic E-state index is 0.311. The molecule has 1 aliphatic rings. The van der Waals surface area contributed by atoms with E-state index in [9.17, 15) is 0 Å². The third-order valence-corrected chi connectivity index (χ3v) is 14.6. The molecule has 19 heteroatoms. The van der Waals surface area contributed by atoms with Gasteiger partial charge in [0.1, 0.15) is 18.4 Å². The van der Waals surface area contributed by atoms with Gasteiger partial charge in [-0.1, -0.05) is 315 Å². The highest BCUT2D eigenvalue weighted by atomic mass is 32.1. The number of allylic oxidation sites excluding steroid dienone is 4. The number of aromatic amines is 1. The molecule has 0 aliphatic heterocycles. The Kier molecular flexibility index (Phi) is 115. The molecule has 11 rings (SSSR count). The van der Waals surface area contributed by atoms with Crippen LogP contribution in [0.2, 0.25) is 0 Å². The molecule has 10 aromatic rings.